The van der Waals surface area contributed by atoms with Gasteiger partial charge in [0.15, 0.2) is 0 Å². The molecule has 0 N–H and O–H groups in total. The number of hydrogen-bond acceptors (Lipinski definition) is 1. The lowest BCUT2D eigenvalue weighted by atomic mass is 9.79. The number of para-hydroxylation sites is 1. The second-order valence-electron chi connectivity index (χ2n) is 10.1. The highest BCUT2D eigenvalue weighted by Crippen LogP contribution is 2.47. The molecule has 0 amide bonds. The fourth-order valence-corrected chi connectivity index (χ4v) is 5.37. The van der Waals surface area contributed by atoms with Gasteiger partial charge in [0.2, 0.25) is 0 Å². The first-order chi connectivity index (χ1) is 13.2. The van der Waals surface area contributed by atoms with Crippen LogP contribution < -0.4 is 4.90 Å². The predicted octanol–water partition coefficient (Wildman–Crippen LogP) is 7.17. The fraction of sp³-hybridized carbons (Fsp3) is 0.556. The van der Waals surface area contributed by atoms with E-state index in [0.717, 1.165) is 25.8 Å². The molecule has 1 atom stereocenters. The van der Waals surface area contributed by atoms with E-state index in [4.69, 9.17) is 0 Å². The molecular weight excluding hydrogens is 338 g/mol. The first-order valence-corrected chi connectivity index (χ1v) is 11.2. The summed E-state index contributed by atoms with van der Waals surface area (Å²) in [4.78, 5) is 2.73. The smallest absolute Gasteiger partial charge is 0.0435 e. The highest BCUT2D eigenvalue weighted by atomic mass is 15.2. The lowest BCUT2D eigenvalue weighted by Crippen LogP contribution is -2.39. The predicted molar refractivity (Wildman–Crippen MR) is 124 cm³/mol. The summed E-state index contributed by atoms with van der Waals surface area (Å²) < 4.78 is 0. The van der Waals surface area contributed by atoms with Gasteiger partial charge < -0.3 is 4.90 Å². The summed E-state index contributed by atoms with van der Waals surface area (Å²) in [5.41, 5.74) is 7.90. The maximum absolute atomic E-state index is 2.73. The average molecular weight is 378 g/mol. The Morgan fingerprint density at radius 3 is 1.96 bits per heavy atom. The first-order valence-electron chi connectivity index (χ1n) is 11.2. The molecule has 0 aromatic heterocycles. The number of benzene rings is 2. The molecule has 3 rings (SSSR count). The number of aryl methyl sites for hydroxylation is 2. The van der Waals surface area contributed by atoms with Crippen LogP contribution >= 0.6 is 0 Å². The molecule has 1 aliphatic heterocycles. The van der Waals surface area contributed by atoms with Crippen molar-refractivity contribution < 1.29 is 0 Å². The zero-order valence-corrected chi connectivity index (χ0v) is 19.1. The highest BCUT2D eigenvalue weighted by Gasteiger charge is 2.46. The van der Waals surface area contributed by atoms with Gasteiger partial charge in [0.25, 0.3) is 0 Å². The van der Waals surface area contributed by atoms with Gasteiger partial charge in [-0.3, -0.25) is 0 Å². The van der Waals surface area contributed by atoms with Crippen LogP contribution in [0.25, 0.3) is 0 Å². The minimum Gasteiger partial charge on any atom is -0.365 e. The van der Waals surface area contributed by atoms with Crippen molar-refractivity contribution in [3.05, 3.63) is 64.7 Å². The molecule has 0 radical (unpaired) electrons. The summed E-state index contributed by atoms with van der Waals surface area (Å²) in [6, 6.07) is 16.2. The Kier molecular flexibility index (Phi) is 5.94. The van der Waals surface area contributed by atoms with Crippen molar-refractivity contribution in [1.29, 1.82) is 0 Å². The highest BCUT2D eigenvalue weighted by molar-refractivity contribution is 5.62. The Balaban J connectivity index is 1.90. The molecule has 28 heavy (non-hydrogen) atoms. The molecule has 1 aliphatic rings. The third-order valence-electron chi connectivity index (χ3n) is 6.64. The molecule has 1 heteroatoms. The molecular formula is C27H39N. The zero-order valence-electron chi connectivity index (χ0n) is 19.1. The van der Waals surface area contributed by atoms with E-state index < -0.39 is 0 Å². The van der Waals surface area contributed by atoms with Crippen molar-refractivity contribution in [2.24, 2.45) is 5.41 Å². The summed E-state index contributed by atoms with van der Waals surface area (Å²) in [5.74, 6) is 0.601. The molecule has 1 fully saturated rings. The molecule has 2 aromatic carbocycles. The summed E-state index contributed by atoms with van der Waals surface area (Å²) in [6.45, 7) is 17.6. The molecule has 0 unspecified atom stereocenters. The van der Waals surface area contributed by atoms with E-state index in [1.165, 1.54) is 34.4 Å². The van der Waals surface area contributed by atoms with E-state index in [1.807, 2.05) is 0 Å². The Morgan fingerprint density at radius 2 is 1.46 bits per heavy atom. The van der Waals surface area contributed by atoms with Crippen LogP contribution in [0.15, 0.2) is 42.5 Å². The number of anilines is 1. The number of hydrogen-bond donors (Lipinski definition) is 0. The zero-order chi connectivity index (χ0) is 20.5. The SMILES string of the molecule is CCc1cccc(CC)c1N1C[C@@](C)(Cc2ccc(C(C)C)cc2)CC1(C)C. The number of rotatable bonds is 6. The summed E-state index contributed by atoms with van der Waals surface area (Å²) >= 11 is 0. The second-order valence-corrected chi connectivity index (χ2v) is 10.1. The molecule has 0 aliphatic carbocycles. The Bertz CT molecular complexity index is 777. The lowest BCUT2D eigenvalue weighted by molar-refractivity contribution is 0.332. The average Bonchev–Trinajstić information content (AvgIpc) is 2.89. The molecule has 152 valence electrons. The monoisotopic (exact) mass is 377 g/mol. The largest absolute Gasteiger partial charge is 0.365 e. The summed E-state index contributed by atoms with van der Waals surface area (Å²) in [7, 11) is 0. The van der Waals surface area contributed by atoms with Gasteiger partial charge in [0, 0.05) is 17.8 Å². The maximum Gasteiger partial charge on any atom is 0.0435 e. The van der Waals surface area contributed by atoms with Crippen molar-refractivity contribution in [3.8, 4) is 0 Å². The van der Waals surface area contributed by atoms with Gasteiger partial charge in [0.05, 0.1) is 0 Å². The van der Waals surface area contributed by atoms with E-state index in [9.17, 15) is 0 Å². The quantitative estimate of drug-likeness (QED) is 0.515. The van der Waals surface area contributed by atoms with Crippen LogP contribution in [-0.4, -0.2) is 12.1 Å². The Labute approximate surface area is 173 Å². The maximum atomic E-state index is 2.73. The normalized spacial score (nSPS) is 21.5. The van der Waals surface area contributed by atoms with Crippen molar-refractivity contribution in [1.82, 2.24) is 0 Å². The van der Waals surface area contributed by atoms with E-state index in [2.05, 4.69) is 95.8 Å². The van der Waals surface area contributed by atoms with Crippen LogP contribution in [-0.2, 0) is 19.3 Å². The summed E-state index contributed by atoms with van der Waals surface area (Å²) in [5, 5.41) is 0. The molecule has 1 nitrogen and oxygen atoms in total. The Morgan fingerprint density at radius 1 is 0.893 bits per heavy atom. The lowest BCUT2D eigenvalue weighted by Gasteiger charge is -2.36. The first kappa shape index (κ1) is 21.0. The Hall–Kier alpha value is -1.76. The van der Waals surface area contributed by atoms with Gasteiger partial charge in [-0.25, -0.2) is 0 Å². The second kappa shape index (κ2) is 7.93. The third kappa shape index (κ3) is 4.14. The van der Waals surface area contributed by atoms with Crippen molar-refractivity contribution in [3.63, 3.8) is 0 Å². The standard InChI is InChI=1S/C27H39N/c1-8-22-11-10-12-23(9-2)25(22)28-19-27(7,18-26(28,5)6)17-21-13-15-24(16-14-21)20(3)4/h10-16,20H,8-9,17-19H2,1-7H3/t27-/m0/s1. The fourth-order valence-electron chi connectivity index (χ4n) is 5.37. The van der Waals surface area contributed by atoms with Gasteiger partial charge in [0.1, 0.15) is 0 Å². The van der Waals surface area contributed by atoms with Crippen LogP contribution in [0.3, 0.4) is 0 Å². The van der Waals surface area contributed by atoms with Crippen LogP contribution in [0.1, 0.15) is 83.1 Å². The van der Waals surface area contributed by atoms with E-state index >= 15 is 0 Å². The van der Waals surface area contributed by atoms with E-state index in [1.54, 1.807) is 0 Å². The minimum absolute atomic E-state index is 0.182. The van der Waals surface area contributed by atoms with Gasteiger partial charge >= 0.3 is 0 Å². The van der Waals surface area contributed by atoms with Crippen molar-refractivity contribution >= 4 is 5.69 Å². The van der Waals surface area contributed by atoms with Crippen molar-refractivity contribution in [2.45, 2.75) is 85.6 Å². The minimum atomic E-state index is 0.182. The van der Waals surface area contributed by atoms with Crippen LogP contribution in [0, 0.1) is 5.41 Å². The van der Waals surface area contributed by atoms with Gasteiger partial charge in [-0.15, -0.1) is 0 Å². The molecule has 2 aromatic rings. The van der Waals surface area contributed by atoms with Crippen molar-refractivity contribution in [2.75, 3.05) is 11.4 Å². The van der Waals surface area contributed by atoms with Crippen LogP contribution in [0.5, 0.6) is 0 Å². The third-order valence-corrected chi connectivity index (χ3v) is 6.64. The van der Waals surface area contributed by atoms with E-state index in [0.29, 0.717) is 11.3 Å². The van der Waals surface area contributed by atoms with E-state index in [-0.39, 0.29) is 5.54 Å². The topological polar surface area (TPSA) is 3.24 Å². The van der Waals surface area contributed by atoms with Gasteiger partial charge in [-0.2, -0.15) is 0 Å². The molecule has 0 saturated carbocycles. The number of nitrogens with zero attached hydrogens (tertiary/aromatic N) is 1. The summed E-state index contributed by atoms with van der Waals surface area (Å²) in [6.07, 6.45) is 4.58. The van der Waals surface area contributed by atoms with Crippen LogP contribution in [0.2, 0.25) is 0 Å². The molecule has 1 saturated heterocycles. The molecule has 0 bridgehead atoms. The van der Waals surface area contributed by atoms with Gasteiger partial charge in [-0.05, 0) is 73.1 Å². The van der Waals surface area contributed by atoms with Gasteiger partial charge in [-0.1, -0.05) is 77.1 Å². The molecule has 1 heterocycles. The molecule has 0 spiro atoms. The van der Waals surface area contributed by atoms with Crippen LogP contribution in [0.4, 0.5) is 5.69 Å².